The number of aromatic nitrogens is 2. The van der Waals surface area contributed by atoms with Crippen molar-refractivity contribution in [1.29, 1.82) is 0 Å². The van der Waals surface area contributed by atoms with Gasteiger partial charge in [0.25, 0.3) is 0 Å². The van der Waals surface area contributed by atoms with Crippen molar-refractivity contribution in [3.8, 4) is 0 Å². The van der Waals surface area contributed by atoms with Gasteiger partial charge in [0.05, 0.1) is 11.4 Å². The summed E-state index contributed by atoms with van der Waals surface area (Å²) < 4.78 is 39.1. The number of hydrogen-bond donors (Lipinski definition) is 1. The molecule has 0 saturated heterocycles. The van der Waals surface area contributed by atoms with Gasteiger partial charge in [-0.25, -0.2) is 12.8 Å². The highest BCUT2D eigenvalue weighted by Crippen LogP contribution is 2.22. The van der Waals surface area contributed by atoms with E-state index >= 15 is 0 Å². The van der Waals surface area contributed by atoms with Gasteiger partial charge in [-0.05, 0) is 31.5 Å². The van der Waals surface area contributed by atoms with Crippen LogP contribution in [0, 0.1) is 19.7 Å². The van der Waals surface area contributed by atoms with Crippen LogP contribution in [0.4, 0.5) is 4.39 Å². The molecule has 1 aromatic carbocycles. The van der Waals surface area contributed by atoms with Crippen LogP contribution >= 0.6 is 0 Å². The molecule has 0 aliphatic heterocycles. The van der Waals surface area contributed by atoms with Crippen molar-refractivity contribution >= 4 is 10.0 Å². The van der Waals surface area contributed by atoms with Gasteiger partial charge in [0.2, 0.25) is 10.0 Å². The van der Waals surface area contributed by atoms with Crippen LogP contribution in [-0.4, -0.2) is 30.0 Å². The molecule has 7 heteroatoms. The molecule has 0 saturated carbocycles. The van der Waals surface area contributed by atoms with Crippen LogP contribution in [0.3, 0.4) is 0 Å². The zero-order chi connectivity index (χ0) is 14.9. The summed E-state index contributed by atoms with van der Waals surface area (Å²) in [5.74, 6) is -0.346. The van der Waals surface area contributed by atoms with Gasteiger partial charge in [0, 0.05) is 13.6 Å². The zero-order valence-corrected chi connectivity index (χ0v) is 12.3. The van der Waals surface area contributed by atoms with E-state index in [0.717, 1.165) is 5.56 Å². The Bertz CT molecular complexity index is 688. The Hall–Kier alpha value is -1.73. The molecule has 20 heavy (non-hydrogen) atoms. The highest BCUT2D eigenvalue weighted by Gasteiger charge is 2.26. The first-order valence-corrected chi connectivity index (χ1v) is 7.48. The third kappa shape index (κ3) is 2.73. The largest absolute Gasteiger partial charge is 0.281 e. The van der Waals surface area contributed by atoms with E-state index in [4.69, 9.17) is 0 Å². The summed E-state index contributed by atoms with van der Waals surface area (Å²) >= 11 is 0. The number of hydrogen-bond acceptors (Lipinski definition) is 3. The number of nitrogens with zero attached hydrogens (tertiary/aromatic N) is 2. The minimum Gasteiger partial charge on any atom is -0.281 e. The number of rotatable bonds is 4. The quantitative estimate of drug-likeness (QED) is 0.938. The third-order valence-corrected chi connectivity index (χ3v) is 5.11. The maximum atomic E-state index is 12.8. The fraction of sp³-hybridized carbons (Fsp3) is 0.308. The number of aryl methyl sites for hydroxylation is 2. The molecule has 0 amide bonds. The fourth-order valence-electron chi connectivity index (χ4n) is 2.01. The summed E-state index contributed by atoms with van der Waals surface area (Å²) in [4.78, 5) is 0.196. The monoisotopic (exact) mass is 297 g/mol. The van der Waals surface area contributed by atoms with E-state index in [2.05, 4.69) is 10.2 Å². The molecule has 0 aliphatic rings. The first-order valence-electron chi connectivity index (χ1n) is 6.04. The summed E-state index contributed by atoms with van der Waals surface area (Å²) in [7, 11) is -2.13. The second-order valence-corrected chi connectivity index (χ2v) is 6.63. The molecule has 1 aromatic heterocycles. The van der Waals surface area contributed by atoms with Crippen LogP contribution in [0.5, 0.6) is 0 Å². The van der Waals surface area contributed by atoms with Crippen molar-refractivity contribution in [1.82, 2.24) is 14.5 Å². The number of benzene rings is 1. The third-order valence-electron chi connectivity index (χ3n) is 3.05. The number of halogens is 1. The molecular weight excluding hydrogens is 281 g/mol. The highest BCUT2D eigenvalue weighted by atomic mass is 32.2. The van der Waals surface area contributed by atoms with E-state index in [1.54, 1.807) is 26.0 Å². The molecule has 2 aromatic rings. The predicted octanol–water partition coefficient (Wildman–Crippen LogP) is 1.99. The van der Waals surface area contributed by atoms with Crippen LogP contribution < -0.4 is 0 Å². The van der Waals surface area contributed by atoms with E-state index in [-0.39, 0.29) is 17.3 Å². The summed E-state index contributed by atoms with van der Waals surface area (Å²) in [5, 5.41) is 6.57. The van der Waals surface area contributed by atoms with Crippen molar-refractivity contribution in [2.75, 3.05) is 7.05 Å². The minimum atomic E-state index is -3.62. The fourth-order valence-corrected chi connectivity index (χ4v) is 3.49. The number of sulfonamides is 1. The molecule has 0 radical (unpaired) electrons. The Labute approximate surface area is 117 Å². The van der Waals surface area contributed by atoms with Crippen LogP contribution in [0.1, 0.15) is 17.0 Å². The minimum absolute atomic E-state index is 0.173. The van der Waals surface area contributed by atoms with Crippen molar-refractivity contribution < 1.29 is 12.8 Å². The Morgan fingerprint density at radius 2 is 1.85 bits per heavy atom. The van der Waals surface area contributed by atoms with Gasteiger partial charge < -0.3 is 0 Å². The summed E-state index contributed by atoms with van der Waals surface area (Å²) in [6.45, 7) is 3.48. The van der Waals surface area contributed by atoms with Crippen molar-refractivity contribution in [2.24, 2.45) is 0 Å². The number of H-pyrrole nitrogens is 1. The van der Waals surface area contributed by atoms with Gasteiger partial charge in [-0.1, -0.05) is 12.1 Å². The van der Waals surface area contributed by atoms with E-state index in [9.17, 15) is 12.8 Å². The lowest BCUT2D eigenvalue weighted by Gasteiger charge is -2.17. The Morgan fingerprint density at radius 1 is 1.25 bits per heavy atom. The van der Waals surface area contributed by atoms with E-state index in [1.807, 2.05) is 0 Å². The lowest BCUT2D eigenvalue weighted by atomic mass is 10.2. The molecule has 0 spiro atoms. The van der Waals surface area contributed by atoms with Crippen LogP contribution in [0.2, 0.25) is 0 Å². The molecule has 0 atom stereocenters. The molecule has 2 rings (SSSR count). The molecule has 1 N–H and O–H groups in total. The molecule has 0 aliphatic carbocycles. The summed E-state index contributed by atoms with van der Waals surface area (Å²) in [5.41, 5.74) is 1.66. The van der Waals surface area contributed by atoms with Crippen LogP contribution in [0.25, 0.3) is 0 Å². The summed E-state index contributed by atoms with van der Waals surface area (Å²) in [6, 6.07) is 5.75. The van der Waals surface area contributed by atoms with Gasteiger partial charge in [-0.3, -0.25) is 5.10 Å². The van der Waals surface area contributed by atoms with Crippen molar-refractivity contribution in [2.45, 2.75) is 25.3 Å². The summed E-state index contributed by atoms with van der Waals surface area (Å²) in [6.07, 6.45) is 0. The first kappa shape index (κ1) is 14.7. The Balaban J connectivity index is 2.28. The second kappa shape index (κ2) is 5.34. The molecule has 1 heterocycles. The SMILES string of the molecule is Cc1n[nH]c(C)c1S(=O)(=O)N(C)Cc1ccc(F)cc1. The molecular formula is C13H16FN3O2S. The van der Waals surface area contributed by atoms with Gasteiger partial charge in [0.1, 0.15) is 10.7 Å². The average molecular weight is 297 g/mol. The van der Waals surface area contributed by atoms with E-state index in [1.165, 1.54) is 23.5 Å². The van der Waals surface area contributed by atoms with Crippen LogP contribution in [0.15, 0.2) is 29.2 Å². The first-order chi connectivity index (χ1) is 9.32. The zero-order valence-electron chi connectivity index (χ0n) is 11.5. The van der Waals surface area contributed by atoms with Gasteiger partial charge in [0.15, 0.2) is 0 Å². The van der Waals surface area contributed by atoms with Crippen LogP contribution in [-0.2, 0) is 16.6 Å². The lowest BCUT2D eigenvalue weighted by molar-refractivity contribution is 0.465. The smallest absolute Gasteiger partial charge is 0.246 e. The van der Waals surface area contributed by atoms with Crippen molar-refractivity contribution in [3.05, 3.63) is 47.0 Å². The normalized spacial score (nSPS) is 12.1. The molecule has 0 bridgehead atoms. The molecule has 0 unspecified atom stereocenters. The highest BCUT2D eigenvalue weighted by molar-refractivity contribution is 7.89. The molecule has 0 fully saturated rings. The topological polar surface area (TPSA) is 66.1 Å². The van der Waals surface area contributed by atoms with Crippen molar-refractivity contribution in [3.63, 3.8) is 0 Å². The van der Waals surface area contributed by atoms with Gasteiger partial charge >= 0.3 is 0 Å². The maximum Gasteiger partial charge on any atom is 0.246 e. The molecule has 5 nitrogen and oxygen atoms in total. The standard InChI is InChI=1S/C13H16FN3O2S/c1-9-13(10(2)16-15-9)20(18,19)17(3)8-11-4-6-12(14)7-5-11/h4-7H,8H2,1-3H3,(H,15,16). The number of nitrogens with one attached hydrogen (secondary N) is 1. The number of aromatic amines is 1. The van der Waals surface area contributed by atoms with Gasteiger partial charge in [-0.15, -0.1) is 0 Å². The maximum absolute atomic E-state index is 12.8. The second-order valence-electron chi connectivity index (χ2n) is 4.65. The Kier molecular flexibility index (Phi) is 3.92. The van der Waals surface area contributed by atoms with E-state index in [0.29, 0.717) is 11.4 Å². The van der Waals surface area contributed by atoms with E-state index < -0.39 is 10.0 Å². The van der Waals surface area contributed by atoms with Gasteiger partial charge in [-0.2, -0.15) is 9.40 Å². The average Bonchev–Trinajstić information content (AvgIpc) is 2.72. The predicted molar refractivity (Wildman–Crippen MR) is 73.1 cm³/mol. The Morgan fingerprint density at radius 3 is 2.35 bits per heavy atom. The molecule has 108 valence electrons. The lowest BCUT2D eigenvalue weighted by Crippen LogP contribution is -2.27.